The molecule has 3 rings (SSSR count). The van der Waals surface area contributed by atoms with Gasteiger partial charge >= 0.3 is 5.51 Å². The standard InChI is InChI=1S/C16H19F3N2O3S/c17-16(18,19)25(23,24)12-7-5-11(6-8-12)21-13-4-2-1-3-10(13)9-14(21)15(20)22/h5-8,10,13-14H,1-4,9H2,(H2,20,22)/t10-,13+,14+/m1/s1. The van der Waals surface area contributed by atoms with Crippen LogP contribution >= 0.6 is 0 Å². The van der Waals surface area contributed by atoms with E-state index in [2.05, 4.69) is 0 Å². The Morgan fingerprint density at radius 3 is 2.28 bits per heavy atom. The highest BCUT2D eigenvalue weighted by Gasteiger charge is 2.47. The van der Waals surface area contributed by atoms with Crippen molar-refractivity contribution in [3.05, 3.63) is 24.3 Å². The van der Waals surface area contributed by atoms with Crippen LogP contribution in [0, 0.1) is 5.92 Å². The molecule has 0 unspecified atom stereocenters. The molecular formula is C16H19F3N2O3S. The first kappa shape index (κ1) is 18.0. The minimum Gasteiger partial charge on any atom is -0.368 e. The Labute approximate surface area is 143 Å². The van der Waals surface area contributed by atoms with E-state index in [0.29, 0.717) is 18.0 Å². The normalized spacial score (nSPS) is 27.2. The van der Waals surface area contributed by atoms with Crippen molar-refractivity contribution >= 4 is 21.4 Å². The summed E-state index contributed by atoms with van der Waals surface area (Å²) in [5.41, 5.74) is 0.697. The van der Waals surface area contributed by atoms with Gasteiger partial charge in [0.05, 0.1) is 4.90 Å². The van der Waals surface area contributed by atoms with Gasteiger partial charge in [-0.3, -0.25) is 4.79 Å². The van der Waals surface area contributed by atoms with E-state index >= 15 is 0 Å². The van der Waals surface area contributed by atoms with Gasteiger partial charge in [-0.1, -0.05) is 12.8 Å². The van der Waals surface area contributed by atoms with Crippen LogP contribution in [0.25, 0.3) is 0 Å². The van der Waals surface area contributed by atoms with Gasteiger partial charge < -0.3 is 10.6 Å². The molecule has 1 saturated heterocycles. The minimum absolute atomic E-state index is 0.108. The van der Waals surface area contributed by atoms with Gasteiger partial charge in [0.25, 0.3) is 9.84 Å². The lowest BCUT2D eigenvalue weighted by atomic mass is 9.84. The summed E-state index contributed by atoms with van der Waals surface area (Å²) >= 11 is 0. The highest BCUT2D eigenvalue weighted by molar-refractivity contribution is 7.92. The Balaban J connectivity index is 1.94. The summed E-state index contributed by atoms with van der Waals surface area (Å²) in [6.45, 7) is 0. The molecule has 1 aliphatic heterocycles. The van der Waals surface area contributed by atoms with Crippen LogP contribution in [-0.2, 0) is 14.6 Å². The fraction of sp³-hybridized carbons (Fsp3) is 0.562. The number of hydrogen-bond donors (Lipinski definition) is 1. The number of carbonyl (C=O) groups is 1. The number of rotatable bonds is 3. The molecule has 2 aliphatic rings. The van der Waals surface area contributed by atoms with Crippen LogP contribution in [-0.4, -0.2) is 31.9 Å². The van der Waals surface area contributed by atoms with Gasteiger partial charge in [0, 0.05) is 11.7 Å². The third-order valence-electron chi connectivity index (χ3n) is 5.17. The van der Waals surface area contributed by atoms with Gasteiger partial charge in [-0.2, -0.15) is 13.2 Å². The van der Waals surface area contributed by atoms with Gasteiger partial charge in [0.1, 0.15) is 6.04 Å². The van der Waals surface area contributed by atoms with Crippen molar-refractivity contribution in [1.82, 2.24) is 0 Å². The lowest BCUT2D eigenvalue weighted by molar-refractivity contribution is -0.119. The Kier molecular flexibility index (Phi) is 4.47. The summed E-state index contributed by atoms with van der Waals surface area (Å²) in [7, 11) is -5.38. The highest BCUT2D eigenvalue weighted by Crippen LogP contribution is 2.42. The first-order valence-corrected chi connectivity index (χ1v) is 9.60. The summed E-state index contributed by atoms with van der Waals surface area (Å²) in [4.78, 5) is 12.9. The maximum Gasteiger partial charge on any atom is 0.501 e. The summed E-state index contributed by atoms with van der Waals surface area (Å²) < 4.78 is 60.9. The molecule has 0 radical (unpaired) electrons. The second-order valence-electron chi connectivity index (χ2n) is 6.62. The molecule has 0 bridgehead atoms. The van der Waals surface area contributed by atoms with Crippen molar-refractivity contribution in [2.24, 2.45) is 11.7 Å². The second-order valence-corrected chi connectivity index (χ2v) is 8.56. The Bertz CT molecular complexity index is 762. The molecule has 0 spiro atoms. The molecule has 1 amide bonds. The van der Waals surface area contributed by atoms with Crippen molar-refractivity contribution in [3.63, 3.8) is 0 Å². The first-order valence-electron chi connectivity index (χ1n) is 8.12. The Morgan fingerprint density at radius 1 is 1.12 bits per heavy atom. The molecule has 5 nitrogen and oxygen atoms in total. The Morgan fingerprint density at radius 2 is 1.72 bits per heavy atom. The number of sulfone groups is 1. The molecule has 9 heteroatoms. The van der Waals surface area contributed by atoms with Crippen molar-refractivity contribution in [1.29, 1.82) is 0 Å². The molecular weight excluding hydrogens is 357 g/mol. The maximum absolute atomic E-state index is 12.7. The molecule has 138 valence electrons. The van der Waals surface area contributed by atoms with Crippen LogP contribution in [0.15, 0.2) is 29.2 Å². The van der Waals surface area contributed by atoms with Gasteiger partial charge in [0.2, 0.25) is 5.91 Å². The van der Waals surface area contributed by atoms with Crippen molar-refractivity contribution in [2.75, 3.05) is 4.90 Å². The van der Waals surface area contributed by atoms with Crippen LogP contribution in [0.1, 0.15) is 32.1 Å². The molecule has 0 aromatic heterocycles. The number of amides is 1. The fourth-order valence-electron chi connectivity index (χ4n) is 4.02. The third kappa shape index (κ3) is 3.09. The summed E-state index contributed by atoms with van der Waals surface area (Å²) in [5.74, 6) is -0.147. The van der Waals surface area contributed by atoms with Crippen molar-refractivity contribution < 1.29 is 26.4 Å². The number of hydrogen-bond acceptors (Lipinski definition) is 4. The maximum atomic E-state index is 12.7. The van der Waals surface area contributed by atoms with E-state index in [1.165, 1.54) is 12.1 Å². The van der Waals surface area contributed by atoms with E-state index in [9.17, 15) is 26.4 Å². The van der Waals surface area contributed by atoms with Gasteiger partial charge in [-0.15, -0.1) is 0 Å². The zero-order chi connectivity index (χ0) is 18.4. The number of halogens is 3. The van der Waals surface area contributed by atoms with E-state index in [4.69, 9.17) is 5.73 Å². The quantitative estimate of drug-likeness (QED) is 0.879. The van der Waals surface area contributed by atoms with Crippen LogP contribution in [0.2, 0.25) is 0 Å². The monoisotopic (exact) mass is 376 g/mol. The van der Waals surface area contributed by atoms with Gasteiger partial charge in [-0.05, 0) is 49.4 Å². The zero-order valence-electron chi connectivity index (χ0n) is 13.4. The number of alkyl halides is 3. The smallest absolute Gasteiger partial charge is 0.368 e. The molecule has 2 fully saturated rings. The number of nitrogens with two attached hydrogens (primary N) is 1. The molecule has 1 aromatic rings. The summed E-state index contributed by atoms with van der Waals surface area (Å²) in [6.07, 6.45) is 4.61. The van der Waals surface area contributed by atoms with Crippen LogP contribution in [0.3, 0.4) is 0 Å². The van der Waals surface area contributed by atoms with E-state index in [1.54, 1.807) is 0 Å². The molecule has 1 aliphatic carbocycles. The molecule has 25 heavy (non-hydrogen) atoms. The van der Waals surface area contributed by atoms with E-state index < -0.39 is 32.2 Å². The number of benzene rings is 1. The van der Waals surface area contributed by atoms with Crippen LogP contribution in [0.5, 0.6) is 0 Å². The van der Waals surface area contributed by atoms with Gasteiger partial charge in [-0.25, -0.2) is 8.42 Å². The average molecular weight is 376 g/mol. The molecule has 1 heterocycles. The van der Waals surface area contributed by atoms with Crippen LogP contribution < -0.4 is 10.6 Å². The SMILES string of the molecule is NC(=O)[C@@H]1C[C@H]2CCCC[C@@H]2N1c1ccc(S(=O)(=O)C(F)(F)F)cc1. The minimum atomic E-state index is -5.38. The molecule has 2 N–H and O–H groups in total. The predicted molar refractivity (Wildman–Crippen MR) is 85.5 cm³/mol. The second kappa shape index (κ2) is 6.19. The molecule has 1 saturated carbocycles. The number of fused-ring (bicyclic) bond motifs is 1. The van der Waals surface area contributed by atoms with E-state index in [-0.39, 0.29) is 6.04 Å². The number of carbonyl (C=O) groups excluding carboxylic acids is 1. The topological polar surface area (TPSA) is 80.5 Å². The van der Waals surface area contributed by atoms with E-state index in [0.717, 1.165) is 37.8 Å². The lowest BCUT2D eigenvalue weighted by Crippen LogP contribution is -2.45. The zero-order valence-corrected chi connectivity index (χ0v) is 14.2. The van der Waals surface area contributed by atoms with Crippen molar-refractivity contribution in [3.8, 4) is 0 Å². The Hall–Kier alpha value is -1.77. The van der Waals surface area contributed by atoms with E-state index in [1.807, 2.05) is 4.90 Å². The number of anilines is 1. The third-order valence-corrected chi connectivity index (χ3v) is 6.67. The fourth-order valence-corrected chi connectivity index (χ4v) is 4.78. The molecule has 1 aromatic carbocycles. The van der Waals surface area contributed by atoms with Crippen LogP contribution in [0.4, 0.5) is 18.9 Å². The van der Waals surface area contributed by atoms with Gasteiger partial charge in [0.15, 0.2) is 0 Å². The van der Waals surface area contributed by atoms with Crippen molar-refractivity contribution in [2.45, 2.75) is 54.6 Å². The lowest BCUT2D eigenvalue weighted by Gasteiger charge is -2.35. The first-order chi connectivity index (χ1) is 11.6. The predicted octanol–water partition coefficient (Wildman–Crippen LogP) is 2.60. The number of nitrogens with zero attached hydrogens (tertiary/aromatic N) is 1. The summed E-state index contributed by atoms with van der Waals surface area (Å²) in [5, 5.41) is 0. The average Bonchev–Trinajstić information content (AvgIpc) is 2.93. The molecule has 3 atom stereocenters. The largest absolute Gasteiger partial charge is 0.501 e. The summed E-state index contributed by atoms with van der Waals surface area (Å²) in [6, 6.07) is 4.12. The highest BCUT2D eigenvalue weighted by atomic mass is 32.2. The number of primary amides is 1.